The van der Waals surface area contributed by atoms with E-state index in [0.717, 1.165) is 37.2 Å². The molecule has 2 N–H and O–H groups in total. The van der Waals surface area contributed by atoms with Crippen LogP contribution in [0.1, 0.15) is 57.1 Å². The van der Waals surface area contributed by atoms with Gasteiger partial charge in [0.15, 0.2) is 0 Å². The van der Waals surface area contributed by atoms with Gasteiger partial charge in [-0.2, -0.15) is 0 Å². The van der Waals surface area contributed by atoms with E-state index in [4.69, 9.17) is 4.42 Å². The molecule has 0 saturated heterocycles. The standard InChI is InChI=1S/C15H24N2O2/c1-10-4-9-15(19-10)11(2)16-13-5-7-14(8-6-13)17-12(3)18/h4,9,11,13-14,16H,5-8H2,1-3H3,(H,17,18). The Kier molecular flexibility index (Phi) is 4.64. The van der Waals surface area contributed by atoms with Gasteiger partial charge in [0.25, 0.3) is 0 Å². The first-order valence-corrected chi connectivity index (χ1v) is 7.14. The molecule has 0 bridgehead atoms. The van der Waals surface area contributed by atoms with Crippen molar-refractivity contribution in [2.24, 2.45) is 0 Å². The smallest absolute Gasteiger partial charge is 0.217 e. The van der Waals surface area contributed by atoms with Crippen molar-refractivity contribution in [3.63, 3.8) is 0 Å². The minimum absolute atomic E-state index is 0.0795. The molecule has 0 aliphatic heterocycles. The number of amides is 1. The van der Waals surface area contributed by atoms with E-state index < -0.39 is 0 Å². The highest BCUT2D eigenvalue weighted by Gasteiger charge is 2.23. The molecule has 4 heteroatoms. The number of hydrogen-bond donors (Lipinski definition) is 2. The van der Waals surface area contributed by atoms with Crippen molar-refractivity contribution < 1.29 is 9.21 Å². The predicted molar refractivity (Wildman–Crippen MR) is 74.9 cm³/mol. The van der Waals surface area contributed by atoms with Gasteiger partial charge in [0.2, 0.25) is 5.91 Å². The average Bonchev–Trinajstić information content (AvgIpc) is 2.78. The molecule has 1 amide bonds. The molecule has 0 aromatic carbocycles. The van der Waals surface area contributed by atoms with Crippen LogP contribution in [0.4, 0.5) is 0 Å². The third-order valence-corrected chi connectivity index (χ3v) is 3.81. The molecule has 1 fully saturated rings. The van der Waals surface area contributed by atoms with Gasteiger partial charge in [-0.1, -0.05) is 0 Å². The molecule has 2 rings (SSSR count). The normalized spacial score (nSPS) is 25.0. The highest BCUT2D eigenvalue weighted by molar-refractivity contribution is 5.73. The highest BCUT2D eigenvalue weighted by atomic mass is 16.3. The van der Waals surface area contributed by atoms with Gasteiger partial charge in [-0.25, -0.2) is 0 Å². The minimum atomic E-state index is 0.0795. The summed E-state index contributed by atoms with van der Waals surface area (Å²) < 4.78 is 5.64. The second kappa shape index (κ2) is 6.24. The number of nitrogens with one attached hydrogen (secondary N) is 2. The maximum atomic E-state index is 11.0. The lowest BCUT2D eigenvalue weighted by molar-refractivity contribution is -0.119. The van der Waals surface area contributed by atoms with E-state index in [-0.39, 0.29) is 11.9 Å². The molecule has 1 aromatic heterocycles. The lowest BCUT2D eigenvalue weighted by Gasteiger charge is -2.31. The van der Waals surface area contributed by atoms with Gasteiger partial charge in [-0.15, -0.1) is 0 Å². The summed E-state index contributed by atoms with van der Waals surface area (Å²) in [6.07, 6.45) is 4.33. The molecule has 1 heterocycles. The summed E-state index contributed by atoms with van der Waals surface area (Å²) in [5.74, 6) is 2.04. The van der Waals surface area contributed by atoms with Gasteiger partial charge in [-0.05, 0) is 51.7 Å². The van der Waals surface area contributed by atoms with E-state index in [1.54, 1.807) is 6.92 Å². The fourth-order valence-corrected chi connectivity index (χ4v) is 2.81. The van der Waals surface area contributed by atoms with Crippen LogP contribution in [0.25, 0.3) is 0 Å². The molecule has 0 spiro atoms. The average molecular weight is 264 g/mol. The van der Waals surface area contributed by atoms with Crippen LogP contribution in [0, 0.1) is 6.92 Å². The zero-order chi connectivity index (χ0) is 13.8. The van der Waals surface area contributed by atoms with Crippen molar-refractivity contribution >= 4 is 5.91 Å². The van der Waals surface area contributed by atoms with Crippen LogP contribution in [-0.4, -0.2) is 18.0 Å². The lowest BCUT2D eigenvalue weighted by Crippen LogP contribution is -2.42. The lowest BCUT2D eigenvalue weighted by atomic mass is 9.90. The maximum Gasteiger partial charge on any atom is 0.217 e. The third-order valence-electron chi connectivity index (χ3n) is 3.81. The monoisotopic (exact) mass is 264 g/mol. The Morgan fingerprint density at radius 1 is 1.26 bits per heavy atom. The number of carbonyl (C=O) groups excluding carboxylic acids is 1. The molecule has 19 heavy (non-hydrogen) atoms. The molecule has 1 aliphatic carbocycles. The van der Waals surface area contributed by atoms with Crippen molar-refractivity contribution in [2.45, 2.75) is 64.6 Å². The van der Waals surface area contributed by atoms with Crippen molar-refractivity contribution in [3.05, 3.63) is 23.7 Å². The SMILES string of the molecule is CC(=O)NC1CCC(NC(C)c2ccc(C)o2)CC1. The Labute approximate surface area is 114 Å². The second-order valence-corrected chi connectivity index (χ2v) is 5.59. The summed E-state index contributed by atoms with van der Waals surface area (Å²) in [5, 5.41) is 6.62. The molecule has 4 nitrogen and oxygen atoms in total. The molecule has 1 unspecified atom stereocenters. The molecule has 1 atom stereocenters. The quantitative estimate of drug-likeness (QED) is 0.879. The van der Waals surface area contributed by atoms with Crippen LogP contribution >= 0.6 is 0 Å². The molecule has 1 aliphatic rings. The molecule has 1 aromatic rings. The zero-order valence-electron chi connectivity index (χ0n) is 12.0. The summed E-state index contributed by atoms with van der Waals surface area (Å²) in [6, 6.07) is 5.16. The summed E-state index contributed by atoms with van der Waals surface area (Å²) in [6.45, 7) is 5.69. The van der Waals surface area contributed by atoms with E-state index >= 15 is 0 Å². The molecule has 0 radical (unpaired) electrons. The number of carbonyl (C=O) groups is 1. The van der Waals surface area contributed by atoms with Crippen molar-refractivity contribution in [3.8, 4) is 0 Å². The summed E-state index contributed by atoms with van der Waals surface area (Å²) >= 11 is 0. The Hall–Kier alpha value is -1.29. The van der Waals surface area contributed by atoms with Gasteiger partial charge in [0.1, 0.15) is 11.5 Å². The van der Waals surface area contributed by atoms with Gasteiger partial charge in [-0.3, -0.25) is 4.79 Å². The highest BCUT2D eigenvalue weighted by Crippen LogP contribution is 2.23. The number of furan rings is 1. The van der Waals surface area contributed by atoms with Crippen LogP contribution in [-0.2, 0) is 4.79 Å². The molecular formula is C15H24N2O2. The van der Waals surface area contributed by atoms with Gasteiger partial charge in [0.05, 0.1) is 6.04 Å². The predicted octanol–water partition coefficient (Wildman–Crippen LogP) is 2.69. The Morgan fingerprint density at radius 3 is 2.42 bits per heavy atom. The van der Waals surface area contributed by atoms with Gasteiger partial charge < -0.3 is 15.1 Å². The van der Waals surface area contributed by atoms with Crippen molar-refractivity contribution in [2.75, 3.05) is 0 Å². The largest absolute Gasteiger partial charge is 0.465 e. The van der Waals surface area contributed by atoms with Crippen LogP contribution < -0.4 is 10.6 Å². The van der Waals surface area contributed by atoms with Crippen LogP contribution in [0.3, 0.4) is 0 Å². The van der Waals surface area contributed by atoms with Crippen molar-refractivity contribution in [1.82, 2.24) is 10.6 Å². The van der Waals surface area contributed by atoms with E-state index in [2.05, 4.69) is 17.6 Å². The van der Waals surface area contributed by atoms with Crippen LogP contribution in [0.5, 0.6) is 0 Å². The van der Waals surface area contributed by atoms with Crippen LogP contribution in [0.2, 0.25) is 0 Å². The molecule has 106 valence electrons. The summed E-state index contributed by atoms with van der Waals surface area (Å²) in [4.78, 5) is 11.0. The van der Waals surface area contributed by atoms with Crippen LogP contribution in [0.15, 0.2) is 16.5 Å². The first-order valence-electron chi connectivity index (χ1n) is 7.14. The number of aryl methyl sites for hydroxylation is 1. The van der Waals surface area contributed by atoms with Crippen molar-refractivity contribution in [1.29, 1.82) is 0 Å². The van der Waals surface area contributed by atoms with E-state index in [1.165, 1.54) is 0 Å². The summed E-state index contributed by atoms with van der Waals surface area (Å²) in [7, 11) is 0. The van der Waals surface area contributed by atoms with E-state index in [9.17, 15) is 4.79 Å². The van der Waals surface area contributed by atoms with E-state index in [0.29, 0.717) is 12.1 Å². The second-order valence-electron chi connectivity index (χ2n) is 5.59. The Balaban J connectivity index is 1.77. The van der Waals surface area contributed by atoms with E-state index in [1.807, 2.05) is 19.1 Å². The molecule has 1 saturated carbocycles. The topological polar surface area (TPSA) is 54.3 Å². The summed E-state index contributed by atoms with van der Waals surface area (Å²) in [5.41, 5.74) is 0. The fraction of sp³-hybridized carbons (Fsp3) is 0.667. The van der Waals surface area contributed by atoms with Gasteiger partial charge >= 0.3 is 0 Å². The number of hydrogen-bond acceptors (Lipinski definition) is 3. The maximum absolute atomic E-state index is 11.0. The number of rotatable bonds is 4. The first-order chi connectivity index (χ1) is 9.04. The Bertz CT molecular complexity index is 420. The third kappa shape index (κ3) is 4.10. The first kappa shape index (κ1) is 14.1. The molecular weight excluding hydrogens is 240 g/mol. The fourth-order valence-electron chi connectivity index (χ4n) is 2.81. The zero-order valence-corrected chi connectivity index (χ0v) is 12.0. The Morgan fingerprint density at radius 2 is 1.89 bits per heavy atom. The minimum Gasteiger partial charge on any atom is -0.465 e. The van der Waals surface area contributed by atoms with Gasteiger partial charge in [0, 0.05) is 19.0 Å².